The normalized spacial score (nSPS) is 15.5. The van der Waals surface area contributed by atoms with Crippen molar-refractivity contribution in [3.8, 4) is 0 Å². The molecule has 0 bridgehead atoms. The van der Waals surface area contributed by atoms with Crippen LogP contribution >= 0.6 is 0 Å². The molecule has 5 rings (SSSR count). The van der Waals surface area contributed by atoms with Gasteiger partial charge >= 0.3 is 5.69 Å². The molecule has 2 saturated heterocycles. The maximum atomic E-state index is 13.3. The number of nitrogens with two attached hydrogens (primary N) is 1. The van der Waals surface area contributed by atoms with Crippen molar-refractivity contribution in [3.63, 3.8) is 0 Å². The van der Waals surface area contributed by atoms with Crippen LogP contribution in [0.1, 0.15) is 60.0 Å². The number of aromatic nitrogens is 2. The van der Waals surface area contributed by atoms with Crippen molar-refractivity contribution < 1.29 is 18.4 Å². The molecule has 2 fully saturated rings. The molecule has 9 nitrogen and oxygen atoms in total. The first-order valence-electron chi connectivity index (χ1n) is 14.3. The molecule has 1 aromatic heterocycles. The molecular formula is C31H37F2N5O4. The number of piperidine rings is 2. The molecule has 0 saturated carbocycles. The van der Waals surface area contributed by atoms with Crippen molar-refractivity contribution in [3.05, 3.63) is 97.7 Å². The lowest BCUT2D eigenvalue weighted by Gasteiger charge is -2.26. The number of ketones is 1. The van der Waals surface area contributed by atoms with E-state index in [1.54, 1.807) is 0 Å². The molecule has 1 amide bonds. The molecule has 0 aliphatic carbocycles. The zero-order chi connectivity index (χ0) is 30.1. The van der Waals surface area contributed by atoms with E-state index >= 15 is 0 Å². The summed E-state index contributed by atoms with van der Waals surface area (Å²) < 4.78 is 28.8. The number of carbonyl (C=O) groups excluding carboxylic acids is 2. The van der Waals surface area contributed by atoms with E-state index in [2.05, 4.69) is 0 Å². The number of halogens is 2. The zero-order valence-corrected chi connectivity index (χ0v) is 23.6. The Bertz CT molecular complexity index is 1470. The fourth-order valence-corrected chi connectivity index (χ4v) is 5.24. The van der Waals surface area contributed by atoms with Crippen LogP contribution in [0.4, 0.5) is 14.6 Å². The van der Waals surface area contributed by atoms with Crippen LogP contribution < -0.4 is 17.0 Å². The Morgan fingerprint density at radius 3 is 1.69 bits per heavy atom. The molecule has 0 unspecified atom stereocenters. The van der Waals surface area contributed by atoms with Gasteiger partial charge in [-0.15, -0.1) is 0 Å². The van der Waals surface area contributed by atoms with Gasteiger partial charge in [-0.3, -0.25) is 28.4 Å². The summed E-state index contributed by atoms with van der Waals surface area (Å²) in [6, 6.07) is 10.9. The molecule has 2 N–H and O–H groups in total. The molecule has 2 aromatic carbocycles. The third kappa shape index (κ3) is 8.00. The topological polar surface area (TPSA) is 111 Å². The lowest BCUT2D eigenvalue weighted by molar-refractivity contribution is -0.118. The van der Waals surface area contributed by atoms with Crippen LogP contribution in [0.15, 0.2) is 58.1 Å². The highest BCUT2D eigenvalue weighted by Gasteiger charge is 2.25. The average molecular weight is 582 g/mol. The largest absolute Gasteiger partial charge is 0.384 e. The van der Waals surface area contributed by atoms with Gasteiger partial charge in [-0.1, -0.05) is 30.7 Å². The number of amides is 1. The molecule has 11 heteroatoms. The van der Waals surface area contributed by atoms with Crippen LogP contribution in [-0.2, 0) is 17.9 Å². The van der Waals surface area contributed by atoms with E-state index in [4.69, 9.17) is 5.73 Å². The molecule has 42 heavy (non-hydrogen) atoms. The second-order valence-corrected chi connectivity index (χ2v) is 10.7. The standard InChI is InChI=1S/C25H26F2N4O3.C6H11NO/c26-19-8-4-17(5-9-19)14-30-23(28)22(21(32)16-29-12-2-1-3-13-29)24(33)31(25(30)34)15-18-6-10-20(27)11-7-18;8-6-7-4-2-1-3-5-7/h4-11H,1-3,12-16,28H2;6H,1-5H2. The van der Waals surface area contributed by atoms with E-state index in [-0.39, 0.29) is 31.0 Å². The third-order valence-corrected chi connectivity index (χ3v) is 7.61. The summed E-state index contributed by atoms with van der Waals surface area (Å²) in [4.78, 5) is 53.7. The molecular weight excluding hydrogens is 544 g/mol. The van der Waals surface area contributed by atoms with Gasteiger partial charge < -0.3 is 10.6 Å². The third-order valence-electron chi connectivity index (χ3n) is 7.61. The first kappa shape index (κ1) is 30.8. The Morgan fingerprint density at radius 2 is 1.21 bits per heavy atom. The highest BCUT2D eigenvalue weighted by atomic mass is 19.1. The second-order valence-electron chi connectivity index (χ2n) is 10.7. The number of benzene rings is 2. The smallest absolute Gasteiger partial charge is 0.333 e. The minimum atomic E-state index is -0.774. The van der Waals surface area contributed by atoms with Crippen LogP contribution in [0.2, 0.25) is 0 Å². The van der Waals surface area contributed by atoms with Crippen molar-refractivity contribution in [1.82, 2.24) is 18.9 Å². The van der Waals surface area contributed by atoms with Crippen LogP contribution in [0.25, 0.3) is 0 Å². The van der Waals surface area contributed by atoms with Crippen molar-refractivity contribution in [2.75, 3.05) is 38.5 Å². The first-order valence-corrected chi connectivity index (χ1v) is 14.3. The van der Waals surface area contributed by atoms with Gasteiger partial charge in [0.05, 0.1) is 19.6 Å². The van der Waals surface area contributed by atoms with Crippen LogP contribution in [0.5, 0.6) is 0 Å². The van der Waals surface area contributed by atoms with E-state index in [9.17, 15) is 28.0 Å². The van der Waals surface area contributed by atoms with Gasteiger partial charge in [0.25, 0.3) is 5.56 Å². The zero-order valence-electron chi connectivity index (χ0n) is 23.6. The Labute approximate surface area is 243 Å². The Morgan fingerprint density at radius 1 is 0.738 bits per heavy atom. The fraction of sp³-hybridized carbons (Fsp3) is 0.419. The number of anilines is 1. The van der Waals surface area contributed by atoms with Gasteiger partial charge in [0.15, 0.2) is 5.78 Å². The van der Waals surface area contributed by atoms with Gasteiger partial charge in [-0.25, -0.2) is 13.6 Å². The van der Waals surface area contributed by atoms with Gasteiger partial charge in [-0.05, 0) is 80.6 Å². The van der Waals surface area contributed by atoms with E-state index in [1.165, 1.54) is 67.8 Å². The predicted molar refractivity (Wildman–Crippen MR) is 156 cm³/mol. The van der Waals surface area contributed by atoms with E-state index in [0.717, 1.165) is 61.0 Å². The molecule has 2 aliphatic rings. The number of carbonyl (C=O) groups is 2. The maximum absolute atomic E-state index is 13.3. The highest BCUT2D eigenvalue weighted by Crippen LogP contribution is 2.14. The fourth-order valence-electron chi connectivity index (χ4n) is 5.24. The van der Waals surface area contributed by atoms with Crippen LogP contribution in [0, 0.1) is 11.6 Å². The van der Waals surface area contributed by atoms with Crippen LogP contribution in [0.3, 0.4) is 0 Å². The second kappa shape index (κ2) is 14.7. The van der Waals surface area contributed by atoms with E-state index < -0.39 is 28.7 Å². The Hall–Kier alpha value is -4.12. The average Bonchev–Trinajstić information content (AvgIpc) is 3.00. The quantitative estimate of drug-likeness (QED) is 0.323. The predicted octanol–water partition coefficient (Wildman–Crippen LogP) is 3.26. The lowest BCUT2D eigenvalue weighted by atomic mass is 10.1. The highest BCUT2D eigenvalue weighted by molar-refractivity contribution is 6.01. The van der Waals surface area contributed by atoms with Crippen molar-refractivity contribution >= 4 is 18.0 Å². The molecule has 224 valence electrons. The number of rotatable bonds is 8. The number of nitrogen functional groups attached to an aromatic ring is 1. The Balaban J connectivity index is 0.000000437. The molecule has 0 radical (unpaired) electrons. The van der Waals surface area contributed by atoms with Crippen molar-refractivity contribution in [2.24, 2.45) is 0 Å². The molecule has 3 heterocycles. The number of nitrogens with zero attached hydrogens (tertiary/aromatic N) is 4. The summed E-state index contributed by atoms with van der Waals surface area (Å²) in [5, 5.41) is 0. The minimum Gasteiger partial charge on any atom is -0.384 e. The summed E-state index contributed by atoms with van der Waals surface area (Å²) in [6.45, 7) is 3.30. The molecule has 0 atom stereocenters. The molecule has 0 spiro atoms. The molecule has 2 aliphatic heterocycles. The minimum absolute atomic E-state index is 0.0325. The summed E-state index contributed by atoms with van der Waals surface area (Å²) in [5.74, 6) is -1.54. The van der Waals surface area contributed by atoms with Crippen molar-refractivity contribution in [2.45, 2.75) is 51.6 Å². The van der Waals surface area contributed by atoms with Gasteiger partial charge in [-0.2, -0.15) is 0 Å². The summed E-state index contributed by atoms with van der Waals surface area (Å²) in [6.07, 6.45) is 7.67. The van der Waals surface area contributed by atoms with Crippen LogP contribution in [-0.4, -0.2) is 63.9 Å². The number of hydrogen-bond acceptors (Lipinski definition) is 6. The van der Waals surface area contributed by atoms with E-state index in [0.29, 0.717) is 11.1 Å². The van der Waals surface area contributed by atoms with E-state index in [1.807, 2.05) is 9.80 Å². The summed E-state index contributed by atoms with van der Waals surface area (Å²) in [5.41, 5.74) is 5.62. The molecule has 3 aromatic rings. The SMILES string of the molecule is Nc1c(C(=O)CN2CCCCC2)c(=O)n(Cc2ccc(F)cc2)c(=O)n1Cc1ccc(F)cc1.O=CN1CCCCC1. The van der Waals surface area contributed by atoms with Gasteiger partial charge in [0.1, 0.15) is 23.0 Å². The maximum Gasteiger partial charge on any atom is 0.333 e. The monoisotopic (exact) mass is 581 g/mol. The summed E-state index contributed by atoms with van der Waals surface area (Å²) in [7, 11) is 0. The van der Waals surface area contributed by atoms with Crippen molar-refractivity contribution in [1.29, 1.82) is 0 Å². The number of hydrogen-bond donors (Lipinski definition) is 1. The van der Waals surface area contributed by atoms with Gasteiger partial charge in [0.2, 0.25) is 6.41 Å². The summed E-state index contributed by atoms with van der Waals surface area (Å²) >= 11 is 0. The Kier molecular flexibility index (Phi) is 10.8. The number of likely N-dealkylation sites (tertiary alicyclic amines) is 2. The van der Waals surface area contributed by atoms with Gasteiger partial charge in [0, 0.05) is 13.1 Å². The lowest BCUT2D eigenvalue weighted by Crippen LogP contribution is -2.46. The first-order chi connectivity index (χ1) is 20.3. The number of Topliss-reactive ketones (excluding diaryl/α,β-unsaturated/α-hetero) is 1.